The molecule has 0 radical (unpaired) electrons. The minimum Gasteiger partial charge on any atom is -0.315 e. The molecule has 1 fully saturated rings. The van der Waals surface area contributed by atoms with Crippen molar-refractivity contribution in [2.75, 3.05) is 13.1 Å². The van der Waals surface area contributed by atoms with Crippen molar-refractivity contribution in [2.45, 2.75) is 30.5 Å². The molecule has 0 spiro atoms. The molecule has 132 valence electrons. The zero-order valence-corrected chi connectivity index (χ0v) is 14.5. The van der Waals surface area contributed by atoms with E-state index in [1.165, 1.54) is 0 Å². The van der Waals surface area contributed by atoms with E-state index in [1.54, 1.807) is 0 Å². The van der Waals surface area contributed by atoms with Crippen molar-refractivity contribution in [1.29, 1.82) is 0 Å². The number of hydrogen-bond acceptors (Lipinski definition) is 3. The Balaban J connectivity index is 0.00000264. The molecule has 0 bridgehead atoms. The Hall–Kier alpha value is -0.540. The van der Waals surface area contributed by atoms with Crippen LogP contribution in [0.15, 0.2) is 23.1 Å². The first-order chi connectivity index (χ1) is 10.1. The predicted molar refractivity (Wildman–Crippen MR) is 84.5 cm³/mol. The number of sulfonamides is 1. The van der Waals surface area contributed by atoms with Crippen molar-refractivity contribution in [1.82, 2.24) is 10.0 Å². The summed E-state index contributed by atoms with van der Waals surface area (Å²) in [5.41, 5.74) is -1.05. The quantitative estimate of drug-likeness (QED) is 0.830. The molecule has 10 heteroatoms. The summed E-state index contributed by atoms with van der Waals surface area (Å²) in [7, 11) is -4.13. The zero-order chi connectivity index (χ0) is 16.5. The molecule has 0 amide bonds. The van der Waals surface area contributed by atoms with Gasteiger partial charge in [-0.25, -0.2) is 13.1 Å². The molecule has 1 aromatic carbocycles. The molecule has 2 rings (SSSR count). The van der Waals surface area contributed by atoms with Crippen LogP contribution in [0.3, 0.4) is 0 Å². The molecule has 1 aliphatic heterocycles. The van der Waals surface area contributed by atoms with Gasteiger partial charge in [0.15, 0.2) is 0 Å². The number of rotatable bonds is 3. The highest BCUT2D eigenvalue weighted by Crippen LogP contribution is 2.33. The van der Waals surface area contributed by atoms with Gasteiger partial charge < -0.3 is 5.32 Å². The van der Waals surface area contributed by atoms with Gasteiger partial charge in [0.1, 0.15) is 4.90 Å². The van der Waals surface area contributed by atoms with Crippen LogP contribution >= 0.6 is 24.0 Å². The summed E-state index contributed by atoms with van der Waals surface area (Å²) in [6.07, 6.45) is -3.85. The molecule has 0 aromatic heterocycles. The van der Waals surface area contributed by atoms with Gasteiger partial charge in [0.05, 0.1) is 10.6 Å². The molecule has 0 aliphatic carbocycles. The second kappa shape index (κ2) is 7.57. The maximum atomic E-state index is 12.7. The standard InChI is InChI=1S/C13H16ClF3N2O2S.ClH/c1-8-4-5-18-7-11(8)19-22(20,21)12-6-9(13(15,16)17)2-3-10(12)14;/h2-3,6,8,11,18-19H,4-5,7H2,1H3;1H. The van der Waals surface area contributed by atoms with Gasteiger partial charge >= 0.3 is 6.18 Å². The average Bonchev–Trinajstić information content (AvgIpc) is 2.40. The molecular weight excluding hydrogens is 376 g/mol. The van der Waals surface area contributed by atoms with Crippen LogP contribution in [-0.2, 0) is 16.2 Å². The average molecular weight is 393 g/mol. The van der Waals surface area contributed by atoms with Crippen molar-refractivity contribution in [3.05, 3.63) is 28.8 Å². The highest BCUT2D eigenvalue weighted by Gasteiger charge is 2.34. The van der Waals surface area contributed by atoms with E-state index in [9.17, 15) is 21.6 Å². The highest BCUT2D eigenvalue weighted by atomic mass is 35.5. The van der Waals surface area contributed by atoms with E-state index < -0.39 is 26.7 Å². The number of hydrogen-bond donors (Lipinski definition) is 2. The Kier molecular flexibility index (Phi) is 6.74. The van der Waals surface area contributed by atoms with E-state index in [4.69, 9.17) is 11.6 Å². The Labute approximate surface area is 144 Å². The van der Waals surface area contributed by atoms with Crippen molar-refractivity contribution < 1.29 is 21.6 Å². The minimum atomic E-state index is -4.63. The maximum Gasteiger partial charge on any atom is 0.416 e. The van der Waals surface area contributed by atoms with Crippen LogP contribution in [0.5, 0.6) is 0 Å². The molecule has 1 saturated heterocycles. The normalized spacial score (nSPS) is 22.5. The minimum absolute atomic E-state index is 0. The van der Waals surface area contributed by atoms with Gasteiger partial charge in [0.25, 0.3) is 0 Å². The fourth-order valence-corrected chi connectivity index (χ4v) is 4.17. The Morgan fingerprint density at radius 1 is 1.35 bits per heavy atom. The molecule has 2 N–H and O–H groups in total. The van der Waals surface area contributed by atoms with Crippen molar-refractivity contribution in [3.8, 4) is 0 Å². The second-order valence-electron chi connectivity index (χ2n) is 5.34. The van der Waals surface area contributed by atoms with Crippen LogP contribution in [0.4, 0.5) is 13.2 Å². The van der Waals surface area contributed by atoms with E-state index in [-0.39, 0.29) is 29.4 Å². The number of alkyl halides is 3. The fraction of sp³-hybridized carbons (Fsp3) is 0.538. The third kappa shape index (κ3) is 4.96. The van der Waals surface area contributed by atoms with E-state index in [2.05, 4.69) is 10.0 Å². The van der Waals surface area contributed by atoms with Gasteiger partial charge in [0, 0.05) is 12.6 Å². The van der Waals surface area contributed by atoms with Gasteiger partial charge in [-0.1, -0.05) is 18.5 Å². The van der Waals surface area contributed by atoms with Gasteiger partial charge in [-0.3, -0.25) is 0 Å². The smallest absolute Gasteiger partial charge is 0.315 e. The monoisotopic (exact) mass is 392 g/mol. The highest BCUT2D eigenvalue weighted by molar-refractivity contribution is 7.89. The molecule has 0 saturated carbocycles. The molecule has 1 heterocycles. The van der Waals surface area contributed by atoms with Crippen molar-refractivity contribution >= 4 is 34.0 Å². The summed E-state index contributed by atoms with van der Waals surface area (Å²) in [4.78, 5) is -0.554. The SMILES string of the molecule is CC1CCNCC1NS(=O)(=O)c1cc(C(F)(F)F)ccc1Cl.Cl. The predicted octanol–water partition coefficient (Wildman–Crippen LogP) is 3.06. The molecule has 23 heavy (non-hydrogen) atoms. The number of nitrogens with one attached hydrogen (secondary N) is 2. The molecule has 1 aromatic rings. The first kappa shape index (κ1) is 20.5. The molecule has 1 aliphatic rings. The van der Waals surface area contributed by atoms with Crippen LogP contribution < -0.4 is 10.0 Å². The van der Waals surface area contributed by atoms with Crippen LogP contribution in [0.2, 0.25) is 5.02 Å². The van der Waals surface area contributed by atoms with Crippen LogP contribution in [-0.4, -0.2) is 27.5 Å². The van der Waals surface area contributed by atoms with Gasteiger partial charge in [0.2, 0.25) is 10.0 Å². The topological polar surface area (TPSA) is 58.2 Å². The molecular formula is C13H17Cl2F3N2O2S. The van der Waals surface area contributed by atoms with E-state index >= 15 is 0 Å². The van der Waals surface area contributed by atoms with Crippen LogP contribution in [0.1, 0.15) is 18.9 Å². The van der Waals surface area contributed by atoms with Gasteiger partial charge in [-0.05, 0) is 37.1 Å². The summed E-state index contributed by atoms with van der Waals surface area (Å²) < 4.78 is 65.4. The number of benzene rings is 1. The lowest BCUT2D eigenvalue weighted by Gasteiger charge is -2.30. The fourth-order valence-electron chi connectivity index (χ4n) is 2.30. The Morgan fingerprint density at radius 2 is 2.00 bits per heavy atom. The zero-order valence-electron chi connectivity index (χ0n) is 12.2. The largest absolute Gasteiger partial charge is 0.416 e. The van der Waals surface area contributed by atoms with Crippen LogP contribution in [0.25, 0.3) is 0 Å². The first-order valence-electron chi connectivity index (χ1n) is 6.71. The lowest BCUT2D eigenvalue weighted by molar-refractivity contribution is -0.137. The van der Waals surface area contributed by atoms with Gasteiger partial charge in [-0.2, -0.15) is 13.2 Å². The maximum absolute atomic E-state index is 12.7. The van der Waals surface area contributed by atoms with E-state index in [0.717, 1.165) is 25.1 Å². The lowest BCUT2D eigenvalue weighted by Crippen LogP contribution is -2.50. The summed E-state index contributed by atoms with van der Waals surface area (Å²) in [6.45, 7) is 3.10. The summed E-state index contributed by atoms with van der Waals surface area (Å²) >= 11 is 5.78. The number of piperidine rings is 1. The summed E-state index contributed by atoms with van der Waals surface area (Å²) in [5, 5.41) is 2.81. The van der Waals surface area contributed by atoms with E-state index in [0.29, 0.717) is 12.6 Å². The summed E-state index contributed by atoms with van der Waals surface area (Å²) in [5.74, 6) is 0.0839. The summed E-state index contributed by atoms with van der Waals surface area (Å²) in [6, 6.07) is 1.88. The first-order valence-corrected chi connectivity index (χ1v) is 8.57. The third-order valence-corrected chi connectivity index (χ3v) is 5.65. The lowest BCUT2D eigenvalue weighted by atomic mass is 9.96. The third-order valence-electron chi connectivity index (χ3n) is 3.68. The molecule has 2 unspecified atom stereocenters. The second-order valence-corrected chi connectivity index (χ2v) is 7.43. The Bertz CT molecular complexity index is 653. The molecule has 2 atom stereocenters. The molecule has 4 nitrogen and oxygen atoms in total. The number of halogens is 5. The van der Waals surface area contributed by atoms with Crippen molar-refractivity contribution in [2.24, 2.45) is 5.92 Å². The van der Waals surface area contributed by atoms with Crippen molar-refractivity contribution in [3.63, 3.8) is 0 Å². The Morgan fingerprint density at radius 3 is 2.57 bits per heavy atom. The van der Waals surface area contributed by atoms with Crippen LogP contribution in [0, 0.1) is 5.92 Å². The van der Waals surface area contributed by atoms with E-state index in [1.807, 2.05) is 6.92 Å². The van der Waals surface area contributed by atoms with Gasteiger partial charge in [-0.15, -0.1) is 12.4 Å².